The Kier molecular flexibility index (Phi) is 5.84. The average Bonchev–Trinajstić information content (AvgIpc) is 2.59. The molecule has 2 N–H and O–H groups in total. The summed E-state index contributed by atoms with van der Waals surface area (Å²) in [4.78, 5) is 0. The van der Waals surface area contributed by atoms with Crippen molar-refractivity contribution in [3.63, 3.8) is 0 Å². The first-order valence-electron chi connectivity index (χ1n) is 8.81. The highest BCUT2D eigenvalue weighted by Crippen LogP contribution is 2.20. The van der Waals surface area contributed by atoms with Crippen LogP contribution in [0.1, 0.15) is 36.8 Å². The fourth-order valence-corrected chi connectivity index (χ4v) is 3.56. The number of nitrogens with one attached hydrogen (secondary N) is 1. The van der Waals surface area contributed by atoms with Gasteiger partial charge in [-0.1, -0.05) is 60.7 Å². The van der Waals surface area contributed by atoms with E-state index in [1.807, 2.05) is 0 Å². The van der Waals surface area contributed by atoms with Crippen LogP contribution in [0.3, 0.4) is 0 Å². The highest BCUT2D eigenvalue weighted by molar-refractivity contribution is 5.19. The van der Waals surface area contributed by atoms with E-state index in [2.05, 4.69) is 66.0 Å². The molecule has 0 aliphatic heterocycles. The van der Waals surface area contributed by atoms with E-state index in [1.54, 1.807) is 0 Å². The van der Waals surface area contributed by atoms with Crippen molar-refractivity contribution in [2.45, 2.75) is 56.7 Å². The molecule has 3 rings (SSSR count). The lowest BCUT2D eigenvalue weighted by Crippen LogP contribution is -2.43. The lowest BCUT2D eigenvalue weighted by Gasteiger charge is -2.31. The number of aliphatic hydroxyl groups excluding tert-OH is 1. The largest absolute Gasteiger partial charge is 0.393 e. The predicted octanol–water partition coefficient (Wildman–Crippen LogP) is 3.73. The summed E-state index contributed by atoms with van der Waals surface area (Å²) in [5.41, 5.74) is 2.77. The van der Waals surface area contributed by atoms with Gasteiger partial charge in [0.1, 0.15) is 0 Å². The Morgan fingerprint density at radius 1 is 0.783 bits per heavy atom. The SMILES string of the molecule is OC1CCC(NC(Cc2ccccc2)Cc2ccccc2)CC1. The van der Waals surface area contributed by atoms with Gasteiger partial charge in [-0.15, -0.1) is 0 Å². The molecule has 122 valence electrons. The molecule has 0 radical (unpaired) electrons. The van der Waals surface area contributed by atoms with Gasteiger partial charge >= 0.3 is 0 Å². The summed E-state index contributed by atoms with van der Waals surface area (Å²) < 4.78 is 0. The minimum atomic E-state index is -0.0882. The summed E-state index contributed by atoms with van der Waals surface area (Å²) in [6.45, 7) is 0. The maximum absolute atomic E-state index is 9.70. The topological polar surface area (TPSA) is 32.3 Å². The molecule has 0 saturated heterocycles. The highest BCUT2D eigenvalue weighted by Gasteiger charge is 2.22. The third-order valence-electron chi connectivity index (χ3n) is 4.82. The lowest BCUT2D eigenvalue weighted by molar-refractivity contribution is 0.114. The molecule has 0 amide bonds. The Morgan fingerprint density at radius 3 is 1.74 bits per heavy atom. The third-order valence-corrected chi connectivity index (χ3v) is 4.82. The Hall–Kier alpha value is -1.64. The zero-order valence-corrected chi connectivity index (χ0v) is 13.7. The highest BCUT2D eigenvalue weighted by atomic mass is 16.3. The second-order valence-electron chi connectivity index (χ2n) is 6.75. The normalized spacial score (nSPS) is 21.5. The average molecular weight is 309 g/mol. The maximum Gasteiger partial charge on any atom is 0.0541 e. The lowest BCUT2D eigenvalue weighted by atomic mass is 9.91. The number of hydrogen-bond donors (Lipinski definition) is 2. The van der Waals surface area contributed by atoms with Crippen LogP contribution in [0.4, 0.5) is 0 Å². The zero-order chi connectivity index (χ0) is 15.9. The molecule has 0 unspecified atom stereocenters. The van der Waals surface area contributed by atoms with Gasteiger partial charge < -0.3 is 10.4 Å². The summed E-state index contributed by atoms with van der Waals surface area (Å²) in [7, 11) is 0. The summed E-state index contributed by atoms with van der Waals surface area (Å²) in [6.07, 6.45) is 6.04. The van der Waals surface area contributed by atoms with Crippen molar-refractivity contribution in [3.8, 4) is 0 Å². The summed E-state index contributed by atoms with van der Waals surface area (Å²) >= 11 is 0. The Morgan fingerprint density at radius 2 is 1.26 bits per heavy atom. The van der Waals surface area contributed by atoms with Crippen molar-refractivity contribution >= 4 is 0 Å². The fourth-order valence-electron chi connectivity index (χ4n) is 3.56. The second kappa shape index (κ2) is 8.28. The molecule has 0 heterocycles. The molecule has 1 aliphatic carbocycles. The minimum absolute atomic E-state index is 0.0882. The van der Waals surface area contributed by atoms with Crippen molar-refractivity contribution < 1.29 is 5.11 Å². The molecule has 2 nitrogen and oxygen atoms in total. The Labute approximate surface area is 139 Å². The monoisotopic (exact) mass is 309 g/mol. The number of hydrogen-bond acceptors (Lipinski definition) is 2. The Bertz CT molecular complexity index is 519. The molecule has 2 aromatic carbocycles. The van der Waals surface area contributed by atoms with Crippen molar-refractivity contribution in [2.24, 2.45) is 0 Å². The minimum Gasteiger partial charge on any atom is -0.393 e. The van der Waals surface area contributed by atoms with Gasteiger partial charge in [0.15, 0.2) is 0 Å². The van der Waals surface area contributed by atoms with E-state index in [0.29, 0.717) is 12.1 Å². The van der Waals surface area contributed by atoms with Crippen molar-refractivity contribution in [1.82, 2.24) is 5.32 Å². The van der Waals surface area contributed by atoms with E-state index in [9.17, 15) is 5.11 Å². The molecule has 0 bridgehead atoms. The molecule has 0 aromatic heterocycles. The molecule has 1 fully saturated rings. The van der Waals surface area contributed by atoms with Gasteiger partial charge in [-0.3, -0.25) is 0 Å². The van der Waals surface area contributed by atoms with E-state index < -0.39 is 0 Å². The maximum atomic E-state index is 9.70. The first-order chi connectivity index (χ1) is 11.3. The molecule has 0 spiro atoms. The van der Waals surface area contributed by atoms with E-state index >= 15 is 0 Å². The number of rotatable bonds is 6. The smallest absolute Gasteiger partial charge is 0.0541 e. The van der Waals surface area contributed by atoms with Gasteiger partial charge in [-0.25, -0.2) is 0 Å². The standard InChI is InChI=1S/C21H27NO/c23-21-13-11-19(12-14-21)22-20(15-17-7-3-1-4-8-17)16-18-9-5-2-6-10-18/h1-10,19-23H,11-16H2. The van der Waals surface area contributed by atoms with Crippen LogP contribution in [0.5, 0.6) is 0 Å². The quantitative estimate of drug-likeness (QED) is 0.852. The molecule has 23 heavy (non-hydrogen) atoms. The van der Waals surface area contributed by atoms with E-state index in [1.165, 1.54) is 11.1 Å². The molecule has 1 aliphatic rings. The van der Waals surface area contributed by atoms with E-state index in [0.717, 1.165) is 38.5 Å². The second-order valence-corrected chi connectivity index (χ2v) is 6.75. The molecular weight excluding hydrogens is 282 g/mol. The van der Waals surface area contributed by atoms with Crippen LogP contribution >= 0.6 is 0 Å². The zero-order valence-electron chi connectivity index (χ0n) is 13.7. The van der Waals surface area contributed by atoms with Crippen molar-refractivity contribution in [1.29, 1.82) is 0 Å². The van der Waals surface area contributed by atoms with Gasteiger partial charge in [0.05, 0.1) is 6.10 Å². The number of benzene rings is 2. The van der Waals surface area contributed by atoms with Crippen LogP contribution in [0, 0.1) is 0 Å². The van der Waals surface area contributed by atoms with Crippen molar-refractivity contribution in [2.75, 3.05) is 0 Å². The van der Waals surface area contributed by atoms with E-state index in [-0.39, 0.29) is 6.10 Å². The van der Waals surface area contributed by atoms with Crippen LogP contribution in [0.2, 0.25) is 0 Å². The fraction of sp³-hybridized carbons (Fsp3) is 0.429. The van der Waals surface area contributed by atoms with Gasteiger partial charge in [0.2, 0.25) is 0 Å². The predicted molar refractivity (Wildman–Crippen MR) is 95.5 cm³/mol. The number of aliphatic hydroxyl groups is 1. The summed E-state index contributed by atoms with van der Waals surface area (Å²) in [5, 5.41) is 13.6. The first-order valence-corrected chi connectivity index (χ1v) is 8.81. The van der Waals surface area contributed by atoms with Crippen LogP contribution in [0.25, 0.3) is 0 Å². The van der Waals surface area contributed by atoms with Gasteiger partial charge in [-0.05, 0) is 49.7 Å². The third kappa shape index (κ3) is 5.19. The van der Waals surface area contributed by atoms with Crippen LogP contribution in [0.15, 0.2) is 60.7 Å². The molecular formula is C21H27NO. The van der Waals surface area contributed by atoms with Gasteiger partial charge in [-0.2, -0.15) is 0 Å². The molecule has 2 heteroatoms. The molecule has 2 aromatic rings. The van der Waals surface area contributed by atoms with Crippen LogP contribution in [-0.4, -0.2) is 23.3 Å². The summed E-state index contributed by atoms with van der Waals surface area (Å²) in [5.74, 6) is 0. The summed E-state index contributed by atoms with van der Waals surface area (Å²) in [6, 6.07) is 22.5. The van der Waals surface area contributed by atoms with E-state index in [4.69, 9.17) is 0 Å². The van der Waals surface area contributed by atoms with Crippen LogP contribution in [-0.2, 0) is 12.8 Å². The molecule has 1 saturated carbocycles. The first kappa shape index (κ1) is 16.2. The van der Waals surface area contributed by atoms with Gasteiger partial charge in [0.25, 0.3) is 0 Å². The van der Waals surface area contributed by atoms with Crippen LogP contribution < -0.4 is 5.32 Å². The van der Waals surface area contributed by atoms with Gasteiger partial charge in [0, 0.05) is 12.1 Å². The van der Waals surface area contributed by atoms with Crippen molar-refractivity contribution in [3.05, 3.63) is 71.8 Å². The Balaban J connectivity index is 1.65. The molecule has 0 atom stereocenters.